The molecule has 0 bridgehead atoms. The summed E-state index contributed by atoms with van der Waals surface area (Å²) in [5, 5.41) is 2.99. The lowest BCUT2D eigenvalue weighted by Crippen LogP contribution is -2.39. The summed E-state index contributed by atoms with van der Waals surface area (Å²) in [7, 11) is -3.67. The van der Waals surface area contributed by atoms with Gasteiger partial charge in [-0.2, -0.15) is 4.31 Å². The number of aromatic nitrogens is 1. The van der Waals surface area contributed by atoms with E-state index in [-0.39, 0.29) is 29.0 Å². The number of fused-ring (bicyclic) bond motifs is 1. The Kier molecular flexibility index (Phi) is 7.53. The van der Waals surface area contributed by atoms with Gasteiger partial charge in [0.25, 0.3) is 0 Å². The summed E-state index contributed by atoms with van der Waals surface area (Å²) in [6.07, 6.45) is 5.17. The first-order chi connectivity index (χ1) is 16.4. The van der Waals surface area contributed by atoms with Crippen LogP contribution >= 0.6 is 0 Å². The number of carbonyl (C=O) groups is 1. The van der Waals surface area contributed by atoms with Crippen LogP contribution in [0, 0.1) is 0 Å². The Labute approximate surface area is 199 Å². The van der Waals surface area contributed by atoms with Crippen LogP contribution in [0.3, 0.4) is 0 Å². The summed E-state index contributed by atoms with van der Waals surface area (Å²) in [5.41, 5.74) is 1.68. The molecule has 182 valence electrons. The van der Waals surface area contributed by atoms with Crippen LogP contribution in [0.2, 0.25) is 0 Å². The van der Waals surface area contributed by atoms with Gasteiger partial charge in [-0.25, -0.2) is 13.2 Å². The third-order valence-corrected chi connectivity index (χ3v) is 8.22. The molecule has 0 radical (unpaired) electrons. The van der Waals surface area contributed by atoms with E-state index in [1.54, 1.807) is 6.07 Å². The number of benzene rings is 2. The number of amides is 1. The van der Waals surface area contributed by atoms with E-state index in [1.165, 1.54) is 21.0 Å². The minimum Gasteiger partial charge on any atom is -0.408 e. The van der Waals surface area contributed by atoms with Gasteiger partial charge in [0.15, 0.2) is 5.58 Å². The van der Waals surface area contributed by atoms with Gasteiger partial charge in [0.05, 0.1) is 10.4 Å². The molecule has 1 saturated heterocycles. The molecule has 0 saturated carbocycles. The Morgan fingerprint density at radius 3 is 2.44 bits per heavy atom. The topological polar surface area (TPSA) is 102 Å². The molecular formula is C25H31N3O5S. The third-order valence-electron chi connectivity index (χ3n) is 6.33. The lowest BCUT2D eigenvalue weighted by Gasteiger charge is -2.19. The van der Waals surface area contributed by atoms with Crippen molar-refractivity contribution in [3.63, 3.8) is 0 Å². The van der Waals surface area contributed by atoms with Crippen molar-refractivity contribution in [1.82, 2.24) is 14.2 Å². The molecule has 1 aliphatic heterocycles. The summed E-state index contributed by atoms with van der Waals surface area (Å²) in [4.78, 5) is 25.3. The number of nitrogens with one attached hydrogen (secondary N) is 1. The molecular weight excluding hydrogens is 454 g/mol. The maximum atomic E-state index is 13.1. The van der Waals surface area contributed by atoms with E-state index in [0.29, 0.717) is 25.0 Å². The van der Waals surface area contributed by atoms with Gasteiger partial charge >= 0.3 is 5.76 Å². The molecule has 1 amide bonds. The minimum atomic E-state index is -3.67. The molecule has 34 heavy (non-hydrogen) atoms. The number of rotatable bonds is 8. The van der Waals surface area contributed by atoms with E-state index in [2.05, 4.69) is 5.32 Å². The Balaban J connectivity index is 1.50. The largest absolute Gasteiger partial charge is 0.420 e. The fraction of sp³-hybridized carbons (Fsp3) is 0.440. The van der Waals surface area contributed by atoms with Crippen LogP contribution in [-0.2, 0) is 27.8 Å². The van der Waals surface area contributed by atoms with Crippen LogP contribution in [-0.4, -0.2) is 42.3 Å². The van der Waals surface area contributed by atoms with Crippen LogP contribution in [0.4, 0.5) is 0 Å². The molecule has 1 aromatic heterocycles. The van der Waals surface area contributed by atoms with Crippen molar-refractivity contribution in [1.29, 1.82) is 0 Å². The summed E-state index contributed by atoms with van der Waals surface area (Å²) >= 11 is 0. The van der Waals surface area contributed by atoms with Crippen molar-refractivity contribution in [3.8, 4) is 0 Å². The zero-order valence-electron chi connectivity index (χ0n) is 19.4. The minimum absolute atomic E-state index is 0.0610. The highest BCUT2D eigenvalue weighted by Crippen LogP contribution is 2.24. The van der Waals surface area contributed by atoms with Crippen molar-refractivity contribution < 1.29 is 17.6 Å². The fourth-order valence-electron chi connectivity index (χ4n) is 4.40. The number of hydrogen-bond donors (Lipinski definition) is 1. The van der Waals surface area contributed by atoms with Crippen molar-refractivity contribution in [2.45, 2.75) is 62.9 Å². The Bertz CT molecular complexity index is 1290. The fourth-order valence-corrected chi connectivity index (χ4v) is 5.93. The highest BCUT2D eigenvalue weighted by atomic mass is 32.2. The lowest BCUT2D eigenvalue weighted by atomic mass is 10.0. The number of sulfonamides is 1. The number of oxazole rings is 1. The van der Waals surface area contributed by atoms with E-state index in [9.17, 15) is 18.0 Å². The summed E-state index contributed by atoms with van der Waals surface area (Å²) in [5.74, 6) is -0.987. The van der Waals surface area contributed by atoms with Gasteiger partial charge in [-0.05, 0) is 43.4 Å². The maximum Gasteiger partial charge on any atom is 0.420 e. The smallest absolute Gasteiger partial charge is 0.408 e. The Morgan fingerprint density at radius 1 is 1.06 bits per heavy atom. The lowest BCUT2D eigenvalue weighted by molar-refractivity contribution is -0.122. The summed E-state index contributed by atoms with van der Waals surface area (Å²) in [6.45, 7) is 2.79. The van der Waals surface area contributed by atoms with E-state index in [1.807, 2.05) is 37.3 Å². The first-order valence-corrected chi connectivity index (χ1v) is 13.3. The maximum absolute atomic E-state index is 13.1. The normalized spacial score (nSPS) is 16.3. The van der Waals surface area contributed by atoms with Gasteiger partial charge in [0, 0.05) is 25.2 Å². The van der Waals surface area contributed by atoms with Gasteiger partial charge in [0.1, 0.15) is 6.54 Å². The second-order valence-electron chi connectivity index (χ2n) is 8.76. The number of hydrogen-bond acceptors (Lipinski definition) is 5. The molecule has 1 fully saturated rings. The Hall–Kier alpha value is -2.91. The van der Waals surface area contributed by atoms with Crippen LogP contribution < -0.4 is 11.1 Å². The predicted molar refractivity (Wildman–Crippen MR) is 130 cm³/mol. The monoisotopic (exact) mass is 485 g/mol. The molecule has 1 N–H and O–H groups in total. The van der Waals surface area contributed by atoms with Gasteiger partial charge in [-0.3, -0.25) is 9.36 Å². The van der Waals surface area contributed by atoms with E-state index in [4.69, 9.17) is 4.42 Å². The second kappa shape index (κ2) is 10.6. The van der Waals surface area contributed by atoms with Crippen molar-refractivity contribution >= 4 is 27.0 Å². The second-order valence-corrected chi connectivity index (χ2v) is 10.7. The molecule has 0 unspecified atom stereocenters. The first-order valence-electron chi connectivity index (χ1n) is 11.9. The van der Waals surface area contributed by atoms with Gasteiger partial charge in [-0.1, -0.05) is 50.1 Å². The molecule has 2 heterocycles. The van der Waals surface area contributed by atoms with Gasteiger partial charge in [0.2, 0.25) is 15.9 Å². The van der Waals surface area contributed by atoms with Crippen molar-refractivity contribution in [2.24, 2.45) is 0 Å². The van der Waals surface area contributed by atoms with E-state index >= 15 is 0 Å². The number of carbonyl (C=O) groups excluding carboxylic acids is 1. The summed E-state index contributed by atoms with van der Waals surface area (Å²) in [6, 6.07) is 14.2. The molecule has 9 heteroatoms. The highest BCUT2D eigenvalue weighted by molar-refractivity contribution is 7.89. The molecule has 0 spiro atoms. The van der Waals surface area contributed by atoms with Crippen LogP contribution in [0.1, 0.15) is 44.6 Å². The summed E-state index contributed by atoms with van der Waals surface area (Å²) < 4.78 is 34.2. The molecule has 1 atom stereocenters. The third kappa shape index (κ3) is 5.42. The molecule has 4 rings (SSSR count). The molecule has 1 aliphatic rings. The van der Waals surface area contributed by atoms with Crippen LogP contribution in [0.15, 0.2) is 62.6 Å². The van der Waals surface area contributed by atoms with E-state index in [0.717, 1.165) is 37.7 Å². The molecule has 3 aromatic rings. The standard InChI is InChI=1S/C25H31N3O5S/c1-2-20(16-19-10-6-5-7-11-19)26-24(29)18-28-22-13-12-21(17-23(22)33-25(28)30)34(31,32)27-14-8-3-4-9-15-27/h5-7,10-13,17,20H,2-4,8-9,14-16,18H2,1H3,(H,26,29)/t20-/m1/s1. The Morgan fingerprint density at radius 2 is 1.76 bits per heavy atom. The molecule has 2 aromatic carbocycles. The number of nitrogens with zero attached hydrogens (tertiary/aromatic N) is 2. The average molecular weight is 486 g/mol. The van der Waals surface area contributed by atoms with E-state index < -0.39 is 15.8 Å². The van der Waals surface area contributed by atoms with Crippen LogP contribution in [0.5, 0.6) is 0 Å². The van der Waals surface area contributed by atoms with Gasteiger partial charge in [-0.15, -0.1) is 0 Å². The van der Waals surface area contributed by atoms with Crippen molar-refractivity contribution in [3.05, 3.63) is 64.6 Å². The zero-order chi connectivity index (χ0) is 24.1. The molecule has 0 aliphatic carbocycles. The van der Waals surface area contributed by atoms with Crippen molar-refractivity contribution in [2.75, 3.05) is 13.1 Å². The zero-order valence-corrected chi connectivity index (χ0v) is 20.2. The first kappa shape index (κ1) is 24.2. The predicted octanol–water partition coefficient (Wildman–Crippen LogP) is 3.30. The SMILES string of the molecule is CC[C@H](Cc1ccccc1)NC(=O)Cn1c(=O)oc2cc(S(=O)(=O)N3CCCCCC3)ccc21. The van der Waals surface area contributed by atoms with Crippen LogP contribution in [0.25, 0.3) is 11.1 Å². The van der Waals surface area contributed by atoms with Gasteiger partial charge < -0.3 is 9.73 Å². The quantitative estimate of drug-likeness (QED) is 0.528. The average Bonchev–Trinajstić information content (AvgIpc) is 2.99. The highest BCUT2D eigenvalue weighted by Gasteiger charge is 2.26. The molecule has 8 nitrogen and oxygen atoms in total.